The zero-order chi connectivity index (χ0) is 24.7. The van der Waals surface area contributed by atoms with Gasteiger partial charge in [-0.3, -0.25) is 4.79 Å². The molecule has 0 fully saturated rings. The summed E-state index contributed by atoms with van der Waals surface area (Å²) in [5, 5.41) is 0.272. The van der Waals surface area contributed by atoms with E-state index < -0.39 is 11.8 Å². The van der Waals surface area contributed by atoms with Crippen LogP contribution >= 0.6 is 11.6 Å². The molecule has 3 nitrogen and oxygen atoms in total. The van der Waals surface area contributed by atoms with Gasteiger partial charge in [0.05, 0.1) is 18.1 Å². The van der Waals surface area contributed by atoms with Crippen LogP contribution in [0.2, 0.25) is 0 Å². The third kappa shape index (κ3) is 4.43. The van der Waals surface area contributed by atoms with E-state index in [-0.39, 0.29) is 27.9 Å². The van der Waals surface area contributed by atoms with E-state index in [2.05, 4.69) is 0 Å². The molecule has 1 aromatic heterocycles. The van der Waals surface area contributed by atoms with E-state index in [4.69, 9.17) is 16.0 Å². The Labute approximate surface area is 206 Å². The minimum absolute atomic E-state index is 0.159. The summed E-state index contributed by atoms with van der Waals surface area (Å²) in [5.74, 6) is -4.26. The van der Waals surface area contributed by atoms with E-state index in [0.29, 0.717) is 48.2 Å². The van der Waals surface area contributed by atoms with Crippen LogP contribution < -0.4 is 0 Å². The van der Waals surface area contributed by atoms with Crippen LogP contribution in [0.3, 0.4) is 0 Å². The van der Waals surface area contributed by atoms with Gasteiger partial charge in [0, 0.05) is 47.7 Å². The first-order valence-corrected chi connectivity index (χ1v) is 11.8. The molecule has 1 aliphatic heterocycles. The lowest BCUT2D eigenvalue weighted by Crippen LogP contribution is -2.35. The first kappa shape index (κ1) is 23.5. The Bertz CT molecular complexity index is 1330. The number of carbonyl (C=O) groups excluding carboxylic acids is 1. The number of alkyl halides is 2. The normalized spacial score (nSPS) is 20.6. The van der Waals surface area contributed by atoms with Crippen molar-refractivity contribution in [3.63, 3.8) is 0 Å². The number of benzene rings is 1. The molecule has 3 aliphatic rings. The van der Waals surface area contributed by atoms with Crippen molar-refractivity contribution in [1.82, 2.24) is 4.90 Å². The fourth-order valence-electron chi connectivity index (χ4n) is 4.85. The second-order valence-electron chi connectivity index (χ2n) is 8.98. The number of nitrogens with zero attached hydrogens (tertiary/aromatic N) is 1. The van der Waals surface area contributed by atoms with Crippen molar-refractivity contribution in [2.45, 2.75) is 25.7 Å². The van der Waals surface area contributed by atoms with E-state index in [0.717, 1.165) is 12.5 Å². The van der Waals surface area contributed by atoms with Gasteiger partial charge >= 0.3 is 0 Å². The van der Waals surface area contributed by atoms with Gasteiger partial charge in [-0.15, -0.1) is 0 Å². The van der Waals surface area contributed by atoms with Crippen molar-refractivity contribution >= 4 is 28.7 Å². The fourth-order valence-corrected chi connectivity index (χ4v) is 5.19. The SMILES string of the molecule is CC(F)(F)C1=CC(c2ccoc2)=CCC2C1=CC(C(=O)N1CC=C(c3ccccc3F)CC1)=C2Cl. The summed E-state index contributed by atoms with van der Waals surface area (Å²) in [6, 6.07) is 8.26. The minimum atomic E-state index is -3.13. The number of rotatable bonds is 4. The molecule has 2 heterocycles. The zero-order valence-electron chi connectivity index (χ0n) is 19.0. The molecular formula is C28H23ClF3NO2. The highest BCUT2D eigenvalue weighted by Crippen LogP contribution is 2.48. The summed E-state index contributed by atoms with van der Waals surface area (Å²) in [4.78, 5) is 15.0. The lowest BCUT2D eigenvalue weighted by atomic mass is 9.91. The number of hydrogen-bond acceptors (Lipinski definition) is 2. The lowest BCUT2D eigenvalue weighted by molar-refractivity contribution is -0.126. The second kappa shape index (κ2) is 9.08. The molecule has 2 aromatic rings. The van der Waals surface area contributed by atoms with E-state index in [1.807, 2.05) is 12.2 Å². The lowest BCUT2D eigenvalue weighted by Gasteiger charge is -2.27. The molecule has 1 amide bonds. The van der Waals surface area contributed by atoms with E-state index >= 15 is 0 Å². The van der Waals surface area contributed by atoms with Gasteiger partial charge in [-0.05, 0) is 53.8 Å². The van der Waals surface area contributed by atoms with Crippen LogP contribution in [0.5, 0.6) is 0 Å². The molecule has 1 atom stereocenters. The topological polar surface area (TPSA) is 33.5 Å². The molecule has 0 N–H and O–H groups in total. The molecule has 7 heteroatoms. The summed E-state index contributed by atoms with van der Waals surface area (Å²) >= 11 is 6.67. The van der Waals surface area contributed by atoms with Crippen LogP contribution in [0.25, 0.3) is 11.1 Å². The molecule has 5 rings (SSSR count). The number of halogens is 4. The molecule has 0 saturated carbocycles. The van der Waals surface area contributed by atoms with Crippen LogP contribution in [0.1, 0.15) is 30.9 Å². The number of furan rings is 1. The Hall–Kier alpha value is -3.25. The molecule has 0 bridgehead atoms. The van der Waals surface area contributed by atoms with Gasteiger partial charge in [0.2, 0.25) is 0 Å². The predicted octanol–water partition coefficient (Wildman–Crippen LogP) is 7.15. The Morgan fingerprint density at radius 2 is 1.97 bits per heavy atom. The maximum absolute atomic E-state index is 14.7. The first-order valence-electron chi connectivity index (χ1n) is 11.4. The minimum Gasteiger partial charge on any atom is -0.472 e. The maximum Gasteiger partial charge on any atom is 0.270 e. The van der Waals surface area contributed by atoms with Crippen LogP contribution in [0.15, 0.2) is 93.3 Å². The van der Waals surface area contributed by atoms with Gasteiger partial charge in [-0.2, -0.15) is 0 Å². The first-order chi connectivity index (χ1) is 16.7. The van der Waals surface area contributed by atoms with Crippen LogP contribution in [0.4, 0.5) is 13.2 Å². The van der Waals surface area contributed by atoms with Crippen LogP contribution in [-0.2, 0) is 4.79 Å². The quantitative estimate of drug-likeness (QED) is 0.449. The standard InChI is InChI=1S/C28H23ClF3NO2/c1-28(31,32)24-14-18(19-10-13-35-16-19)6-7-21-22(24)15-23(26(21)29)27(34)33-11-8-17(9-12-33)20-4-2-3-5-25(20)30/h2-6,8,10,13-16,21H,7,9,11-12H2,1H3. The third-order valence-corrected chi connectivity index (χ3v) is 7.16. The van der Waals surface area contributed by atoms with Gasteiger partial charge in [-0.1, -0.05) is 42.0 Å². The molecule has 0 saturated heterocycles. The van der Waals surface area contributed by atoms with E-state index in [9.17, 15) is 18.0 Å². The second-order valence-corrected chi connectivity index (χ2v) is 9.39. The highest BCUT2D eigenvalue weighted by Gasteiger charge is 2.40. The van der Waals surface area contributed by atoms with Gasteiger partial charge < -0.3 is 9.32 Å². The average molecular weight is 498 g/mol. The smallest absolute Gasteiger partial charge is 0.270 e. The summed E-state index contributed by atoms with van der Waals surface area (Å²) < 4.78 is 48.7. The van der Waals surface area contributed by atoms with Crippen molar-refractivity contribution in [3.05, 3.63) is 106 Å². The van der Waals surface area contributed by atoms with Crippen molar-refractivity contribution in [2.75, 3.05) is 13.1 Å². The van der Waals surface area contributed by atoms with Gasteiger partial charge in [-0.25, -0.2) is 13.2 Å². The Kier molecular flexibility index (Phi) is 6.09. The number of amides is 1. The van der Waals surface area contributed by atoms with Crippen LogP contribution in [0, 0.1) is 11.7 Å². The Morgan fingerprint density at radius 3 is 2.63 bits per heavy atom. The van der Waals surface area contributed by atoms with Crippen LogP contribution in [-0.4, -0.2) is 29.8 Å². The van der Waals surface area contributed by atoms with Crippen molar-refractivity contribution in [3.8, 4) is 0 Å². The molecule has 0 spiro atoms. The van der Waals surface area contributed by atoms with Crippen molar-refractivity contribution in [2.24, 2.45) is 5.92 Å². The largest absolute Gasteiger partial charge is 0.472 e. The number of hydrogen-bond donors (Lipinski definition) is 0. The molecule has 0 radical (unpaired) electrons. The monoisotopic (exact) mass is 497 g/mol. The molecule has 1 aromatic carbocycles. The molecular weight excluding hydrogens is 475 g/mol. The maximum atomic E-state index is 14.7. The van der Waals surface area contributed by atoms with Gasteiger partial charge in [0.15, 0.2) is 0 Å². The summed E-state index contributed by atoms with van der Waals surface area (Å²) in [7, 11) is 0. The van der Waals surface area contributed by atoms with E-state index in [1.54, 1.807) is 29.2 Å². The Morgan fingerprint density at radius 1 is 1.17 bits per heavy atom. The Balaban J connectivity index is 1.42. The van der Waals surface area contributed by atoms with Gasteiger partial charge in [0.25, 0.3) is 11.8 Å². The molecule has 180 valence electrons. The summed E-state index contributed by atoms with van der Waals surface area (Å²) in [5.41, 5.74) is 3.15. The summed E-state index contributed by atoms with van der Waals surface area (Å²) in [6.07, 6.45) is 10.5. The molecule has 1 unspecified atom stereocenters. The number of carbonyl (C=O) groups is 1. The molecule has 2 aliphatic carbocycles. The zero-order valence-corrected chi connectivity index (χ0v) is 19.8. The van der Waals surface area contributed by atoms with Crippen molar-refractivity contribution in [1.29, 1.82) is 0 Å². The summed E-state index contributed by atoms with van der Waals surface area (Å²) in [6.45, 7) is 1.53. The fraction of sp³-hybridized carbons (Fsp3) is 0.250. The predicted molar refractivity (Wildman–Crippen MR) is 130 cm³/mol. The molecule has 35 heavy (non-hydrogen) atoms. The number of allylic oxidation sites excluding steroid dienone is 6. The van der Waals surface area contributed by atoms with Gasteiger partial charge in [0.1, 0.15) is 5.82 Å². The van der Waals surface area contributed by atoms with Crippen molar-refractivity contribution < 1.29 is 22.4 Å². The average Bonchev–Trinajstić information content (AvgIpc) is 3.42. The highest BCUT2D eigenvalue weighted by molar-refractivity contribution is 6.33. The van der Waals surface area contributed by atoms with E-state index in [1.165, 1.54) is 30.7 Å². The third-order valence-electron chi connectivity index (χ3n) is 6.70. The highest BCUT2D eigenvalue weighted by atomic mass is 35.5. The number of fused-ring (bicyclic) bond motifs is 1.